The van der Waals surface area contributed by atoms with Crippen LogP contribution in [-0.2, 0) is 0 Å². The fourth-order valence-corrected chi connectivity index (χ4v) is 2.01. The van der Waals surface area contributed by atoms with Crippen LogP contribution in [0.2, 0.25) is 0 Å². The minimum Gasteiger partial charge on any atom is -0.370 e. The second-order valence-corrected chi connectivity index (χ2v) is 5.25. The lowest BCUT2D eigenvalue weighted by atomic mass is 9.98. The van der Waals surface area contributed by atoms with Gasteiger partial charge in [-0.25, -0.2) is 4.98 Å². The third kappa shape index (κ3) is 5.50. The van der Waals surface area contributed by atoms with E-state index in [1.54, 1.807) is 0 Å². The summed E-state index contributed by atoms with van der Waals surface area (Å²) in [5.41, 5.74) is 1.34. The largest absolute Gasteiger partial charge is 0.370 e. The molecule has 1 heterocycles. The van der Waals surface area contributed by atoms with Gasteiger partial charge in [0, 0.05) is 12.7 Å². The SMILES string of the molecule is CCCC(C)c1ccc(NCCCN(C)C)nc1. The summed E-state index contributed by atoms with van der Waals surface area (Å²) in [6, 6.07) is 4.29. The van der Waals surface area contributed by atoms with Crippen LogP contribution in [0, 0.1) is 0 Å². The van der Waals surface area contributed by atoms with Gasteiger partial charge in [0.2, 0.25) is 0 Å². The normalized spacial score (nSPS) is 12.7. The van der Waals surface area contributed by atoms with Crippen LogP contribution in [0.4, 0.5) is 5.82 Å². The van der Waals surface area contributed by atoms with Crippen LogP contribution in [0.1, 0.15) is 44.6 Å². The molecule has 0 spiro atoms. The molecule has 1 aromatic rings. The molecule has 0 aliphatic carbocycles. The molecule has 18 heavy (non-hydrogen) atoms. The molecule has 3 heteroatoms. The van der Waals surface area contributed by atoms with E-state index in [0.717, 1.165) is 25.3 Å². The predicted molar refractivity (Wildman–Crippen MR) is 79.2 cm³/mol. The van der Waals surface area contributed by atoms with E-state index in [1.807, 2.05) is 6.20 Å². The van der Waals surface area contributed by atoms with Crippen LogP contribution in [0.25, 0.3) is 0 Å². The van der Waals surface area contributed by atoms with Crippen molar-refractivity contribution in [2.75, 3.05) is 32.5 Å². The van der Waals surface area contributed by atoms with Gasteiger partial charge in [0.05, 0.1) is 0 Å². The fourth-order valence-electron chi connectivity index (χ4n) is 2.01. The summed E-state index contributed by atoms with van der Waals surface area (Å²) >= 11 is 0. The van der Waals surface area contributed by atoms with Gasteiger partial charge in [-0.2, -0.15) is 0 Å². The Morgan fingerprint density at radius 3 is 2.67 bits per heavy atom. The van der Waals surface area contributed by atoms with Crippen molar-refractivity contribution in [3.8, 4) is 0 Å². The van der Waals surface area contributed by atoms with Gasteiger partial charge in [0.15, 0.2) is 0 Å². The summed E-state index contributed by atoms with van der Waals surface area (Å²) in [6.07, 6.45) is 5.61. The van der Waals surface area contributed by atoms with E-state index in [9.17, 15) is 0 Å². The van der Waals surface area contributed by atoms with E-state index < -0.39 is 0 Å². The van der Waals surface area contributed by atoms with Crippen molar-refractivity contribution in [1.82, 2.24) is 9.88 Å². The molecular formula is C15H27N3. The average molecular weight is 249 g/mol. The molecule has 0 saturated carbocycles. The minimum atomic E-state index is 0.616. The number of rotatable bonds is 8. The number of hydrogen-bond acceptors (Lipinski definition) is 3. The van der Waals surface area contributed by atoms with Crippen molar-refractivity contribution >= 4 is 5.82 Å². The highest BCUT2D eigenvalue weighted by Crippen LogP contribution is 2.20. The van der Waals surface area contributed by atoms with Gasteiger partial charge in [-0.05, 0) is 51.0 Å². The van der Waals surface area contributed by atoms with Crippen molar-refractivity contribution in [2.45, 2.75) is 39.0 Å². The molecule has 0 fully saturated rings. The molecule has 102 valence electrons. The van der Waals surface area contributed by atoms with Crippen molar-refractivity contribution in [1.29, 1.82) is 0 Å². The quantitative estimate of drug-likeness (QED) is 0.716. The lowest BCUT2D eigenvalue weighted by Gasteiger charge is -2.12. The van der Waals surface area contributed by atoms with Crippen LogP contribution >= 0.6 is 0 Å². The summed E-state index contributed by atoms with van der Waals surface area (Å²) in [5, 5.41) is 3.36. The number of anilines is 1. The maximum absolute atomic E-state index is 4.47. The third-order valence-corrected chi connectivity index (χ3v) is 3.17. The summed E-state index contributed by atoms with van der Waals surface area (Å²) < 4.78 is 0. The fraction of sp³-hybridized carbons (Fsp3) is 0.667. The van der Waals surface area contributed by atoms with E-state index in [1.165, 1.54) is 18.4 Å². The average Bonchev–Trinajstić information content (AvgIpc) is 2.35. The zero-order valence-corrected chi connectivity index (χ0v) is 12.2. The molecular weight excluding hydrogens is 222 g/mol. The Balaban J connectivity index is 2.36. The Kier molecular flexibility index (Phi) is 6.73. The van der Waals surface area contributed by atoms with Crippen molar-refractivity contribution < 1.29 is 0 Å². The summed E-state index contributed by atoms with van der Waals surface area (Å²) in [6.45, 7) is 6.59. The van der Waals surface area contributed by atoms with Gasteiger partial charge in [0.1, 0.15) is 5.82 Å². The first-order valence-electron chi connectivity index (χ1n) is 6.98. The summed E-state index contributed by atoms with van der Waals surface area (Å²) in [5.74, 6) is 1.60. The number of aromatic nitrogens is 1. The Hall–Kier alpha value is -1.09. The molecule has 1 atom stereocenters. The van der Waals surface area contributed by atoms with Gasteiger partial charge in [-0.15, -0.1) is 0 Å². The lowest BCUT2D eigenvalue weighted by molar-refractivity contribution is 0.405. The third-order valence-electron chi connectivity index (χ3n) is 3.17. The zero-order chi connectivity index (χ0) is 13.4. The summed E-state index contributed by atoms with van der Waals surface area (Å²) in [4.78, 5) is 6.67. The second kappa shape index (κ2) is 8.09. The molecule has 0 aliphatic rings. The van der Waals surface area contributed by atoms with E-state index in [-0.39, 0.29) is 0 Å². The molecule has 0 aromatic carbocycles. The monoisotopic (exact) mass is 249 g/mol. The number of pyridine rings is 1. The van der Waals surface area contributed by atoms with E-state index in [4.69, 9.17) is 0 Å². The standard InChI is InChI=1S/C15H27N3/c1-5-7-13(2)14-8-9-15(17-12-14)16-10-6-11-18(3)4/h8-9,12-13H,5-7,10-11H2,1-4H3,(H,16,17). The number of nitrogens with zero attached hydrogens (tertiary/aromatic N) is 2. The highest BCUT2D eigenvalue weighted by molar-refractivity contribution is 5.36. The molecule has 0 radical (unpaired) electrons. The topological polar surface area (TPSA) is 28.2 Å². The smallest absolute Gasteiger partial charge is 0.125 e. The van der Waals surface area contributed by atoms with Crippen molar-refractivity contribution in [3.63, 3.8) is 0 Å². The minimum absolute atomic E-state index is 0.616. The van der Waals surface area contributed by atoms with Crippen molar-refractivity contribution in [2.24, 2.45) is 0 Å². The molecule has 0 bridgehead atoms. The van der Waals surface area contributed by atoms with Crippen LogP contribution in [0.15, 0.2) is 18.3 Å². The van der Waals surface area contributed by atoms with Crippen molar-refractivity contribution in [3.05, 3.63) is 23.9 Å². The first-order chi connectivity index (χ1) is 8.63. The van der Waals surface area contributed by atoms with E-state index in [0.29, 0.717) is 5.92 Å². The number of hydrogen-bond donors (Lipinski definition) is 1. The molecule has 0 saturated heterocycles. The van der Waals surface area contributed by atoms with Crippen LogP contribution < -0.4 is 5.32 Å². The van der Waals surface area contributed by atoms with Gasteiger partial charge in [-0.3, -0.25) is 0 Å². The highest BCUT2D eigenvalue weighted by atomic mass is 15.1. The van der Waals surface area contributed by atoms with E-state index in [2.05, 4.69) is 55.3 Å². The van der Waals surface area contributed by atoms with Crippen LogP contribution in [0.5, 0.6) is 0 Å². The maximum atomic E-state index is 4.47. The molecule has 1 N–H and O–H groups in total. The van der Waals surface area contributed by atoms with Gasteiger partial charge in [-0.1, -0.05) is 26.3 Å². The molecule has 1 rings (SSSR count). The van der Waals surface area contributed by atoms with Gasteiger partial charge < -0.3 is 10.2 Å². The lowest BCUT2D eigenvalue weighted by Crippen LogP contribution is -2.16. The Morgan fingerprint density at radius 2 is 2.11 bits per heavy atom. The second-order valence-electron chi connectivity index (χ2n) is 5.25. The molecule has 1 unspecified atom stereocenters. The zero-order valence-electron chi connectivity index (χ0n) is 12.2. The van der Waals surface area contributed by atoms with Crippen LogP contribution in [0.3, 0.4) is 0 Å². The highest BCUT2D eigenvalue weighted by Gasteiger charge is 2.04. The maximum Gasteiger partial charge on any atom is 0.125 e. The predicted octanol–water partition coefficient (Wildman–Crippen LogP) is 3.35. The first kappa shape index (κ1) is 15.0. The number of nitrogens with one attached hydrogen (secondary N) is 1. The first-order valence-corrected chi connectivity index (χ1v) is 6.98. The van der Waals surface area contributed by atoms with Gasteiger partial charge >= 0.3 is 0 Å². The molecule has 0 aliphatic heterocycles. The Labute approximate surface area is 112 Å². The van der Waals surface area contributed by atoms with Gasteiger partial charge in [0.25, 0.3) is 0 Å². The van der Waals surface area contributed by atoms with E-state index >= 15 is 0 Å². The Morgan fingerprint density at radius 1 is 1.33 bits per heavy atom. The Bertz CT molecular complexity index is 319. The summed E-state index contributed by atoms with van der Waals surface area (Å²) in [7, 11) is 4.20. The molecule has 0 amide bonds. The molecule has 1 aromatic heterocycles. The van der Waals surface area contributed by atoms with Crippen LogP contribution in [-0.4, -0.2) is 37.1 Å². The molecule has 3 nitrogen and oxygen atoms in total.